The van der Waals surface area contributed by atoms with E-state index in [1.54, 1.807) is 0 Å². The molecule has 2 aliphatic carbocycles. The van der Waals surface area contributed by atoms with Crippen molar-refractivity contribution in [2.24, 2.45) is 17.3 Å². The van der Waals surface area contributed by atoms with Crippen LogP contribution in [0.2, 0.25) is 19.6 Å². The van der Waals surface area contributed by atoms with Crippen LogP contribution in [-0.2, 0) is 18.6 Å². The third-order valence-corrected chi connectivity index (χ3v) is 7.27. The number of allylic oxidation sites excluding steroid dienone is 1. The molecule has 4 rings (SSSR count). The highest BCUT2D eigenvalue weighted by molar-refractivity contribution is 6.69. The van der Waals surface area contributed by atoms with Crippen LogP contribution in [0.4, 0.5) is 0 Å². The fourth-order valence-electron chi connectivity index (χ4n) is 5.83. The minimum atomic E-state index is -1.99. The Bertz CT molecular complexity index is 701. The highest BCUT2D eigenvalue weighted by atomic mass is 28.4. The molecule has 0 unspecified atom stereocenters. The van der Waals surface area contributed by atoms with Gasteiger partial charge in [0.05, 0.1) is 23.0 Å². The van der Waals surface area contributed by atoms with Crippen molar-refractivity contribution in [1.82, 2.24) is 0 Å². The summed E-state index contributed by atoms with van der Waals surface area (Å²) in [5, 5.41) is 10.2. The lowest BCUT2D eigenvalue weighted by molar-refractivity contribution is -0.231. The Morgan fingerprint density at radius 2 is 2.16 bits per heavy atom. The van der Waals surface area contributed by atoms with Crippen LogP contribution in [0.5, 0.6) is 0 Å². The number of rotatable bonds is 4. The summed E-state index contributed by atoms with van der Waals surface area (Å²) in [5.74, 6) is -0.517. The van der Waals surface area contributed by atoms with Crippen LogP contribution in [-0.4, -0.2) is 32.1 Å². The Kier molecular flexibility index (Phi) is 3.30. The average molecular weight is 362 g/mol. The number of nitrogens with zero attached hydrogens (tertiary/aromatic N) is 1. The van der Waals surface area contributed by atoms with E-state index in [2.05, 4.69) is 46.1 Å². The molecule has 3 fully saturated rings. The molecule has 0 N–H and O–H groups in total. The van der Waals surface area contributed by atoms with Gasteiger partial charge in [-0.3, -0.25) is 0 Å². The molecule has 2 bridgehead atoms. The number of ether oxygens (including phenoxy) is 3. The topological polar surface area (TPSA) is 60.7 Å². The largest absolute Gasteiger partial charge is 0.469 e. The molecule has 0 radical (unpaired) electrons. The van der Waals surface area contributed by atoms with Gasteiger partial charge in [-0.2, -0.15) is 5.26 Å². The van der Waals surface area contributed by atoms with Crippen LogP contribution < -0.4 is 0 Å². The zero-order valence-electron chi connectivity index (χ0n) is 15.7. The summed E-state index contributed by atoms with van der Waals surface area (Å²) in [4.78, 5) is 0. The molecule has 0 aromatic heterocycles. The molecular weight excluding hydrogens is 334 g/mol. The van der Waals surface area contributed by atoms with Crippen LogP contribution in [0.3, 0.4) is 0 Å². The van der Waals surface area contributed by atoms with E-state index in [0.717, 1.165) is 5.76 Å². The van der Waals surface area contributed by atoms with Crippen molar-refractivity contribution in [3.05, 3.63) is 24.5 Å². The Morgan fingerprint density at radius 3 is 2.76 bits per heavy atom. The zero-order valence-corrected chi connectivity index (χ0v) is 16.7. The van der Waals surface area contributed by atoms with Crippen LogP contribution in [0, 0.1) is 28.6 Å². The van der Waals surface area contributed by atoms with E-state index in [1.807, 2.05) is 12.2 Å². The second kappa shape index (κ2) is 4.77. The van der Waals surface area contributed by atoms with Gasteiger partial charge in [0.25, 0.3) is 0 Å². The lowest BCUT2D eigenvalue weighted by Gasteiger charge is -2.50. The first-order valence-electron chi connectivity index (χ1n) is 8.98. The van der Waals surface area contributed by atoms with Crippen LogP contribution in [0.25, 0.3) is 0 Å². The number of hydrogen-bond acceptors (Lipinski definition) is 5. The molecule has 2 saturated heterocycles. The van der Waals surface area contributed by atoms with Crippen molar-refractivity contribution in [3.63, 3.8) is 0 Å². The molecular formula is C19H27NO4Si. The van der Waals surface area contributed by atoms with Gasteiger partial charge in [-0.25, -0.2) is 0 Å². The zero-order chi connectivity index (χ0) is 18.3. The van der Waals surface area contributed by atoms with Gasteiger partial charge in [0.1, 0.15) is 11.4 Å². The molecule has 6 heteroatoms. The summed E-state index contributed by atoms with van der Waals surface area (Å²) in [6, 6.07) is 2.56. The molecule has 2 heterocycles. The van der Waals surface area contributed by atoms with Gasteiger partial charge < -0.3 is 18.6 Å². The summed E-state index contributed by atoms with van der Waals surface area (Å²) in [7, 11) is -1.99. The van der Waals surface area contributed by atoms with Gasteiger partial charge in [0, 0.05) is 12.0 Å². The minimum absolute atomic E-state index is 0.120. The molecule has 25 heavy (non-hydrogen) atoms. The Morgan fingerprint density at radius 1 is 1.44 bits per heavy atom. The maximum atomic E-state index is 10.2. The summed E-state index contributed by atoms with van der Waals surface area (Å²) < 4.78 is 25.3. The molecule has 2 aliphatic heterocycles. The van der Waals surface area contributed by atoms with Crippen molar-refractivity contribution < 1.29 is 18.6 Å². The first-order chi connectivity index (χ1) is 11.6. The summed E-state index contributed by atoms with van der Waals surface area (Å²) in [5.41, 5.74) is -1.60. The quantitative estimate of drug-likeness (QED) is 0.564. The van der Waals surface area contributed by atoms with Gasteiger partial charge in [0.2, 0.25) is 0 Å². The lowest BCUT2D eigenvalue weighted by atomic mass is 9.60. The predicted molar refractivity (Wildman–Crippen MR) is 94.6 cm³/mol. The molecule has 1 spiro atoms. The van der Waals surface area contributed by atoms with E-state index in [4.69, 9.17) is 18.6 Å². The molecule has 136 valence electrons. The van der Waals surface area contributed by atoms with Crippen LogP contribution in [0.1, 0.15) is 26.7 Å². The normalized spacial score (nSPS) is 46.2. The third-order valence-electron chi connectivity index (χ3n) is 6.35. The van der Waals surface area contributed by atoms with Gasteiger partial charge >= 0.3 is 0 Å². The number of hydrogen-bond donors (Lipinski definition) is 0. The van der Waals surface area contributed by atoms with Crippen molar-refractivity contribution in [2.75, 3.05) is 6.79 Å². The van der Waals surface area contributed by atoms with E-state index < -0.39 is 30.7 Å². The standard InChI is InChI=1S/C19H27NO4Si/c1-7-8-17-13-9-18(14(17)11-20)15(21-12-22-18)10-19(17,23-16(13,2)3)24-25(4,5)6/h7,10,13-14H,1,8-9,12H2,2-6H3/t13-,14+,17+,18+,19+/m1/s1. The highest BCUT2D eigenvalue weighted by Gasteiger charge is 2.83. The van der Waals surface area contributed by atoms with E-state index in [1.165, 1.54) is 0 Å². The molecule has 4 aliphatic rings. The fraction of sp³-hybridized carbons (Fsp3) is 0.737. The Labute approximate surface area is 150 Å². The number of nitriles is 1. The van der Waals surface area contributed by atoms with Crippen molar-refractivity contribution in [3.8, 4) is 6.07 Å². The lowest BCUT2D eigenvalue weighted by Crippen LogP contribution is -2.60. The summed E-state index contributed by atoms with van der Waals surface area (Å²) in [6.07, 6.45) is 5.26. The van der Waals surface area contributed by atoms with Crippen molar-refractivity contribution in [1.29, 1.82) is 5.26 Å². The van der Waals surface area contributed by atoms with E-state index in [0.29, 0.717) is 12.8 Å². The molecule has 0 amide bonds. The fourth-order valence-corrected chi connectivity index (χ4v) is 7.03. The predicted octanol–water partition coefficient (Wildman–Crippen LogP) is 3.71. The highest BCUT2D eigenvalue weighted by Crippen LogP contribution is 2.75. The monoisotopic (exact) mass is 361 g/mol. The SMILES string of the molecule is C=CC[C@@]12[C@@H]3C[C@]4(OCOC4=C[C@@]1(O[Si](C)(C)C)OC3(C)C)[C@H]2C#N. The second-order valence-electron chi connectivity index (χ2n) is 9.24. The Balaban J connectivity index is 2.03. The smallest absolute Gasteiger partial charge is 0.190 e. The van der Waals surface area contributed by atoms with Gasteiger partial charge in [-0.1, -0.05) is 6.08 Å². The van der Waals surface area contributed by atoms with Crippen molar-refractivity contribution >= 4 is 8.32 Å². The maximum Gasteiger partial charge on any atom is 0.190 e. The third kappa shape index (κ3) is 1.88. The van der Waals surface area contributed by atoms with Crippen molar-refractivity contribution in [2.45, 2.75) is 63.3 Å². The Hall–Kier alpha value is -1.13. The molecule has 1 saturated carbocycles. The molecule has 5 atom stereocenters. The van der Waals surface area contributed by atoms with Crippen LogP contribution in [0.15, 0.2) is 24.5 Å². The maximum absolute atomic E-state index is 10.2. The molecule has 0 aromatic rings. The van der Waals surface area contributed by atoms with E-state index >= 15 is 0 Å². The second-order valence-corrected chi connectivity index (χ2v) is 13.7. The van der Waals surface area contributed by atoms with Crippen LogP contribution >= 0.6 is 0 Å². The van der Waals surface area contributed by atoms with Gasteiger partial charge in [-0.05, 0) is 46.3 Å². The average Bonchev–Trinajstić information content (AvgIpc) is 3.01. The molecule has 0 aromatic carbocycles. The summed E-state index contributed by atoms with van der Waals surface area (Å²) >= 11 is 0. The first-order valence-corrected chi connectivity index (χ1v) is 12.4. The molecule has 5 nitrogen and oxygen atoms in total. The van der Waals surface area contributed by atoms with E-state index in [-0.39, 0.29) is 18.6 Å². The van der Waals surface area contributed by atoms with Gasteiger partial charge in [-0.15, -0.1) is 6.58 Å². The first kappa shape index (κ1) is 17.3. The minimum Gasteiger partial charge on any atom is -0.469 e. The van der Waals surface area contributed by atoms with Gasteiger partial charge in [0.15, 0.2) is 20.9 Å². The summed E-state index contributed by atoms with van der Waals surface area (Å²) in [6.45, 7) is 14.8. The van der Waals surface area contributed by atoms with E-state index in [9.17, 15) is 5.26 Å².